The van der Waals surface area contributed by atoms with Crippen molar-refractivity contribution in [2.75, 3.05) is 33.0 Å². The summed E-state index contributed by atoms with van der Waals surface area (Å²) >= 11 is 0. The predicted molar refractivity (Wildman–Crippen MR) is 229 cm³/mol. The molecule has 8 nitrogen and oxygen atoms in total. The molecule has 0 amide bonds. The van der Waals surface area contributed by atoms with Crippen molar-refractivity contribution in [2.45, 2.75) is 213 Å². The van der Waals surface area contributed by atoms with Crippen LogP contribution in [-0.2, 0) is 27.9 Å². The lowest BCUT2D eigenvalue weighted by Gasteiger charge is -2.20. The van der Waals surface area contributed by atoms with Gasteiger partial charge < -0.3 is 20.1 Å². The van der Waals surface area contributed by atoms with Crippen LogP contribution in [0.5, 0.6) is 0 Å². The van der Waals surface area contributed by atoms with Crippen LogP contribution in [0.2, 0.25) is 0 Å². The van der Waals surface area contributed by atoms with Gasteiger partial charge in [-0.15, -0.1) is 0 Å². The Morgan fingerprint density at radius 1 is 0.556 bits per heavy atom. The number of nitrogens with two attached hydrogens (primary N) is 1. The molecule has 3 N–H and O–H groups in total. The van der Waals surface area contributed by atoms with Crippen LogP contribution in [0.1, 0.15) is 206 Å². The zero-order valence-electron chi connectivity index (χ0n) is 35.2. The van der Waals surface area contributed by atoms with Crippen molar-refractivity contribution in [3.63, 3.8) is 0 Å². The van der Waals surface area contributed by atoms with Gasteiger partial charge in [-0.3, -0.25) is 13.8 Å². The highest BCUT2D eigenvalue weighted by atomic mass is 31.2. The average molecular weight is 784 g/mol. The maximum absolute atomic E-state index is 12.6. The number of allylic oxidation sites excluding steroid dienone is 6. The second-order valence-corrected chi connectivity index (χ2v) is 16.4. The molecule has 0 aliphatic rings. The molecule has 54 heavy (non-hydrogen) atoms. The van der Waals surface area contributed by atoms with Crippen LogP contribution in [0, 0.1) is 0 Å². The minimum atomic E-state index is -4.27. The van der Waals surface area contributed by atoms with E-state index in [0.29, 0.717) is 13.0 Å². The highest BCUT2D eigenvalue weighted by molar-refractivity contribution is 7.47. The first-order chi connectivity index (χ1) is 26.4. The monoisotopic (exact) mass is 784 g/mol. The third-order valence-corrected chi connectivity index (χ3v) is 10.5. The quantitative estimate of drug-likeness (QED) is 0.0272. The van der Waals surface area contributed by atoms with E-state index in [-0.39, 0.29) is 32.3 Å². The van der Waals surface area contributed by atoms with E-state index in [4.69, 9.17) is 24.3 Å². The molecule has 0 saturated carbocycles. The third-order valence-electron chi connectivity index (χ3n) is 9.56. The molecule has 0 rings (SSSR count). The summed E-state index contributed by atoms with van der Waals surface area (Å²) in [5.41, 5.74) is 5.37. The van der Waals surface area contributed by atoms with Crippen LogP contribution in [0.4, 0.5) is 0 Å². The Morgan fingerprint density at radius 3 is 1.46 bits per heavy atom. The van der Waals surface area contributed by atoms with Crippen LogP contribution in [0.15, 0.2) is 36.5 Å². The number of hydrogen-bond donors (Lipinski definition) is 2. The van der Waals surface area contributed by atoms with Gasteiger partial charge >= 0.3 is 13.8 Å². The minimum absolute atomic E-state index is 0.0962. The van der Waals surface area contributed by atoms with Gasteiger partial charge in [0.1, 0.15) is 6.10 Å². The Balaban J connectivity index is 3.98. The number of rotatable bonds is 43. The first kappa shape index (κ1) is 52.7. The summed E-state index contributed by atoms with van der Waals surface area (Å²) in [6.07, 6.45) is 48.7. The van der Waals surface area contributed by atoms with Crippen molar-refractivity contribution in [1.29, 1.82) is 0 Å². The molecule has 0 bridgehead atoms. The SMILES string of the molecule is CCCCCCC/C=C\C/C=C\C/C=C\CCCCCCCCCCC(=O)OC(COCCCCCCCCCCCCCC)COP(=O)(O)OCCN. The molecule has 0 fully saturated rings. The van der Waals surface area contributed by atoms with Crippen molar-refractivity contribution < 1.29 is 32.8 Å². The standard InChI is InChI=1S/C45H86NO7P/c1-3-5-7-9-11-13-15-17-18-19-20-21-22-23-24-25-26-27-28-30-32-34-36-38-45(47)53-44(43-52-54(48,49)51-41-39-46)42-50-40-37-35-33-31-29-16-14-12-10-8-6-4-2/h15,17,19-20,22-23,44H,3-14,16,18,21,24-43,46H2,1-2H3,(H,48,49)/b17-15-,20-19-,23-22-. The molecule has 2 atom stereocenters. The van der Waals surface area contributed by atoms with Gasteiger partial charge in [0.05, 0.1) is 19.8 Å². The van der Waals surface area contributed by atoms with Gasteiger partial charge in [0.25, 0.3) is 0 Å². The molecule has 0 aromatic carbocycles. The predicted octanol–water partition coefficient (Wildman–Crippen LogP) is 13.4. The van der Waals surface area contributed by atoms with Crippen molar-refractivity contribution in [3.05, 3.63) is 36.5 Å². The fourth-order valence-corrected chi connectivity index (χ4v) is 7.00. The fourth-order valence-electron chi connectivity index (χ4n) is 6.24. The van der Waals surface area contributed by atoms with Gasteiger partial charge in [0.2, 0.25) is 0 Å². The molecular weight excluding hydrogens is 697 g/mol. The van der Waals surface area contributed by atoms with E-state index in [9.17, 15) is 14.3 Å². The Morgan fingerprint density at radius 2 is 0.981 bits per heavy atom. The Hall–Kier alpha value is -1.28. The number of phosphoric acid groups is 1. The zero-order valence-corrected chi connectivity index (χ0v) is 36.1. The van der Waals surface area contributed by atoms with E-state index in [1.54, 1.807) is 0 Å². The topological polar surface area (TPSA) is 117 Å². The lowest BCUT2D eigenvalue weighted by Crippen LogP contribution is -2.28. The summed E-state index contributed by atoms with van der Waals surface area (Å²) in [5, 5.41) is 0. The molecule has 0 aliphatic carbocycles. The molecular formula is C45H86NO7P. The molecule has 318 valence electrons. The molecule has 0 aliphatic heterocycles. The molecule has 0 aromatic rings. The first-order valence-corrected chi connectivity index (χ1v) is 24.0. The van der Waals surface area contributed by atoms with E-state index < -0.39 is 13.9 Å². The molecule has 0 radical (unpaired) electrons. The Bertz CT molecular complexity index is 926. The third kappa shape index (κ3) is 41.9. The number of carbonyl (C=O) groups is 1. The Labute approximate surface area is 333 Å². The van der Waals surface area contributed by atoms with E-state index >= 15 is 0 Å². The van der Waals surface area contributed by atoms with Crippen LogP contribution in [0.25, 0.3) is 0 Å². The Kier molecular flexibility index (Phi) is 41.8. The number of unbranched alkanes of at least 4 members (excludes halogenated alkanes) is 24. The normalized spacial score (nSPS) is 13.8. The average Bonchev–Trinajstić information content (AvgIpc) is 3.16. The second kappa shape index (κ2) is 42.9. The van der Waals surface area contributed by atoms with E-state index in [0.717, 1.165) is 51.4 Å². The van der Waals surface area contributed by atoms with Gasteiger partial charge in [-0.25, -0.2) is 4.57 Å². The van der Waals surface area contributed by atoms with Crippen molar-refractivity contribution >= 4 is 13.8 Å². The van der Waals surface area contributed by atoms with Crippen LogP contribution in [0.3, 0.4) is 0 Å². The smallest absolute Gasteiger partial charge is 0.457 e. The number of phosphoric ester groups is 1. The summed E-state index contributed by atoms with van der Waals surface area (Å²) in [4.78, 5) is 22.5. The molecule has 9 heteroatoms. The van der Waals surface area contributed by atoms with Gasteiger partial charge in [0, 0.05) is 19.6 Å². The fraction of sp³-hybridized carbons (Fsp3) is 0.844. The number of carbonyl (C=O) groups excluding carboxylic acids is 1. The number of esters is 1. The van der Waals surface area contributed by atoms with Crippen LogP contribution in [-0.4, -0.2) is 49.9 Å². The van der Waals surface area contributed by atoms with E-state index in [1.165, 1.54) is 135 Å². The highest BCUT2D eigenvalue weighted by Crippen LogP contribution is 2.43. The maximum Gasteiger partial charge on any atom is 0.472 e. The maximum atomic E-state index is 12.6. The lowest BCUT2D eigenvalue weighted by atomic mass is 10.1. The number of hydrogen-bond acceptors (Lipinski definition) is 7. The largest absolute Gasteiger partial charge is 0.472 e. The lowest BCUT2D eigenvalue weighted by molar-refractivity contribution is -0.154. The molecule has 2 unspecified atom stereocenters. The summed E-state index contributed by atoms with van der Waals surface area (Å²) in [6.45, 7) is 4.92. The first-order valence-electron chi connectivity index (χ1n) is 22.5. The van der Waals surface area contributed by atoms with Gasteiger partial charge in [-0.2, -0.15) is 0 Å². The molecule has 0 heterocycles. The summed E-state index contributed by atoms with van der Waals surface area (Å²) < 4.78 is 33.4. The summed E-state index contributed by atoms with van der Waals surface area (Å²) in [5.74, 6) is -0.336. The van der Waals surface area contributed by atoms with Gasteiger partial charge in [-0.1, -0.05) is 185 Å². The summed E-state index contributed by atoms with van der Waals surface area (Å²) in [6, 6.07) is 0. The van der Waals surface area contributed by atoms with Crippen molar-refractivity contribution in [1.82, 2.24) is 0 Å². The van der Waals surface area contributed by atoms with Crippen LogP contribution < -0.4 is 5.73 Å². The molecule has 0 saturated heterocycles. The van der Waals surface area contributed by atoms with E-state index in [2.05, 4.69) is 50.3 Å². The van der Waals surface area contributed by atoms with E-state index in [1.807, 2.05) is 0 Å². The van der Waals surface area contributed by atoms with Gasteiger partial charge in [0.15, 0.2) is 0 Å². The van der Waals surface area contributed by atoms with Crippen LogP contribution >= 0.6 is 7.82 Å². The molecule has 0 spiro atoms. The minimum Gasteiger partial charge on any atom is -0.457 e. The second-order valence-electron chi connectivity index (χ2n) is 14.9. The highest BCUT2D eigenvalue weighted by Gasteiger charge is 2.25. The van der Waals surface area contributed by atoms with Gasteiger partial charge in [-0.05, 0) is 51.4 Å². The number of ether oxygens (including phenoxy) is 2. The van der Waals surface area contributed by atoms with Crippen molar-refractivity contribution in [2.24, 2.45) is 5.73 Å². The molecule has 0 aromatic heterocycles. The summed E-state index contributed by atoms with van der Waals surface area (Å²) in [7, 11) is -4.27. The zero-order chi connectivity index (χ0) is 39.5. The van der Waals surface area contributed by atoms with Crippen molar-refractivity contribution in [3.8, 4) is 0 Å².